The Morgan fingerprint density at radius 2 is 1.65 bits per heavy atom. The van der Waals surface area contributed by atoms with Crippen molar-refractivity contribution in [3.63, 3.8) is 0 Å². The summed E-state index contributed by atoms with van der Waals surface area (Å²) in [6.45, 7) is 2.41. The minimum absolute atomic E-state index is 0.0666. The predicted molar refractivity (Wildman–Crippen MR) is 107 cm³/mol. The Hall–Kier alpha value is -2.63. The van der Waals surface area contributed by atoms with Gasteiger partial charge in [0.15, 0.2) is 0 Å². The normalized spacial score (nSPS) is 19.4. The Kier molecular flexibility index (Phi) is 7.68. The summed E-state index contributed by atoms with van der Waals surface area (Å²) in [6, 6.07) is 10.5. The van der Waals surface area contributed by atoms with Crippen LogP contribution in [0.25, 0.3) is 0 Å². The monoisotopic (exact) mass is 460 g/mol. The molecule has 1 amide bonds. The van der Waals surface area contributed by atoms with Crippen LogP contribution in [0.5, 0.6) is 0 Å². The fraction of sp³-hybridized carbons (Fsp3) is 0.350. The number of rotatable bonds is 2. The first-order valence-corrected chi connectivity index (χ1v) is 10.7. The molecule has 31 heavy (non-hydrogen) atoms. The molecule has 1 fully saturated rings. The van der Waals surface area contributed by atoms with Crippen molar-refractivity contribution in [2.24, 2.45) is 5.73 Å². The third-order valence-corrected chi connectivity index (χ3v) is 5.79. The Morgan fingerprint density at radius 1 is 1.10 bits per heavy atom. The zero-order valence-electron chi connectivity index (χ0n) is 16.6. The molecule has 1 heterocycles. The lowest BCUT2D eigenvalue weighted by Gasteiger charge is -2.35. The number of nitrogens with two attached hydrogens (primary N) is 1. The first-order valence-electron chi connectivity index (χ1n) is 9.24. The Bertz CT molecular complexity index is 993. The minimum Gasteiger partial charge on any atom is -0.465 e. The van der Waals surface area contributed by atoms with E-state index >= 15 is 0 Å². The van der Waals surface area contributed by atoms with E-state index in [2.05, 4.69) is 0 Å². The van der Waals surface area contributed by atoms with E-state index in [1.807, 2.05) is 6.92 Å². The van der Waals surface area contributed by atoms with E-state index in [9.17, 15) is 26.4 Å². The fourth-order valence-corrected chi connectivity index (χ4v) is 3.61. The molecule has 170 valence electrons. The van der Waals surface area contributed by atoms with Crippen molar-refractivity contribution in [2.45, 2.75) is 36.4 Å². The van der Waals surface area contributed by atoms with Gasteiger partial charge in [-0.2, -0.15) is 21.6 Å². The second-order valence-corrected chi connectivity index (χ2v) is 8.62. The number of aryl methyl sites for hydroxylation is 1. The van der Waals surface area contributed by atoms with Crippen molar-refractivity contribution in [3.05, 3.63) is 65.2 Å². The molecule has 0 unspecified atom stereocenters. The van der Waals surface area contributed by atoms with Crippen molar-refractivity contribution in [2.75, 3.05) is 13.1 Å². The van der Waals surface area contributed by atoms with Gasteiger partial charge in [-0.05, 0) is 43.2 Å². The van der Waals surface area contributed by atoms with Gasteiger partial charge in [-0.25, -0.2) is 4.79 Å². The first-order chi connectivity index (χ1) is 14.3. The topological polar surface area (TPSA) is 121 Å². The van der Waals surface area contributed by atoms with Crippen LogP contribution < -0.4 is 5.73 Å². The van der Waals surface area contributed by atoms with Gasteiger partial charge in [0.2, 0.25) is 0 Å². The van der Waals surface area contributed by atoms with Gasteiger partial charge in [-0.3, -0.25) is 4.55 Å². The molecule has 4 N–H and O–H groups in total. The van der Waals surface area contributed by atoms with E-state index in [0.29, 0.717) is 18.5 Å². The molecule has 2 aromatic carbocycles. The van der Waals surface area contributed by atoms with Crippen molar-refractivity contribution >= 4 is 16.2 Å². The second kappa shape index (κ2) is 9.67. The molecule has 1 aliphatic heterocycles. The van der Waals surface area contributed by atoms with Gasteiger partial charge in [0, 0.05) is 25.0 Å². The van der Waals surface area contributed by atoms with Crippen molar-refractivity contribution in [3.8, 4) is 0 Å². The Morgan fingerprint density at radius 3 is 2.10 bits per heavy atom. The molecule has 0 spiro atoms. The number of piperidine rings is 1. The number of amides is 1. The zero-order valence-corrected chi connectivity index (χ0v) is 17.4. The number of carbonyl (C=O) groups is 1. The summed E-state index contributed by atoms with van der Waals surface area (Å²) >= 11 is 0. The smallest absolute Gasteiger partial charge is 0.416 e. The van der Waals surface area contributed by atoms with Crippen LogP contribution in [-0.2, 0) is 16.3 Å². The van der Waals surface area contributed by atoms with Crippen LogP contribution in [0.2, 0.25) is 0 Å². The van der Waals surface area contributed by atoms with E-state index in [-0.39, 0.29) is 23.4 Å². The maximum absolute atomic E-state index is 12.5. The van der Waals surface area contributed by atoms with E-state index in [0.717, 1.165) is 17.7 Å². The molecule has 0 saturated carbocycles. The average molecular weight is 460 g/mol. The summed E-state index contributed by atoms with van der Waals surface area (Å²) in [5.74, 6) is -0.276. The number of benzene rings is 2. The third-order valence-electron chi connectivity index (χ3n) is 4.92. The molecule has 2 atom stereocenters. The van der Waals surface area contributed by atoms with E-state index in [4.69, 9.17) is 15.4 Å². The predicted octanol–water partition coefficient (Wildman–Crippen LogP) is 3.74. The summed E-state index contributed by atoms with van der Waals surface area (Å²) in [6.07, 6.45) is -4.91. The number of likely N-dealkylation sites (tertiary alicyclic amines) is 1. The molecule has 2 aromatic rings. The van der Waals surface area contributed by atoms with Gasteiger partial charge < -0.3 is 15.7 Å². The highest BCUT2D eigenvalue weighted by atomic mass is 32.2. The van der Waals surface area contributed by atoms with Crippen LogP contribution in [-0.4, -0.2) is 48.2 Å². The molecule has 7 nitrogen and oxygen atoms in total. The Labute approximate surface area is 178 Å². The highest BCUT2D eigenvalue weighted by molar-refractivity contribution is 7.85. The molecule has 0 aliphatic carbocycles. The van der Waals surface area contributed by atoms with E-state index in [1.165, 1.54) is 29.2 Å². The van der Waals surface area contributed by atoms with Gasteiger partial charge >= 0.3 is 12.3 Å². The molecule has 11 heteroatoms. The number of hydrogen-bond acceptors (Lipinski definition) is 4. The van der Waals surface area contributed by atoms with Crippen molar-refractivity contribution in [1.82, 2.24) is 4.90 Å². The third kappa shape index (κ3) is 6.94. The molecule has 0 bridgehead atoms. The summed E-state index contributed by atoms with van der Waals surface area (Å²) < 4.78 is 67.0. The standard InChI is InChI=1S/C13H15F3N2O2.C7H8O3S/c14-13(15,16)9-3-1-8(2-4-9)10-7-18(12(19)20)6-5-11(10)17;1-6-2-4-7(5-3-6)11(8,9)10/h1-4,10-11H,5-7,17H2,(H,19,20);2-5H,1H3,(H,8,9,10)/t10-,11+;/m0./s1. The van der Waals surface area contributed by atoms with Gasteiger partial charge in [0.25, 0.3) is 10.1 Å². The fourth-order valence-electron chi connectivity index (χ4n) is 3.13. The largest absolute Gasteiger partial charge is 0.465 e. The van der Waals surface area contributed by atoms with E-state index < -0.39 is 28.0 Å². The molecule has 0 radical (unpaired) electrons. The average Bonchev–Trinajstić information content (AvgIpc) is 2.68. The molecular weight excluding hydrogens is 437 g/mol. The second-order valence-electron chi connectivity index (χ2n) is 7.20. The highest BCUT2D eigenvalue weighted by Crippen LogP contribution is 2.32. The molecule has 3 rings (SSSR count). The highest BCUT2D eigenvalue weighted by Gasteiger charge is 2.33. The van der Waals surface area contributed by atoms with Gasteiger partial charge in [0.05, 0.1) is 10.5 Å². The van der Waals surface area contributed by atoms with Crippen LogP contribution in [0.3, 0.4) is 0 Å². The van der Waals surface area contributed by atoms with E-state index in [1.54, 1.807) is 12.1 Å². The lowest BCUT2D eigenvalue weighted by molar-refractivity contribution is -0.137. The summed E-state index contributed by atoms with van der Waals surface area (Å²) in [5.41, 5.74) is 6.83. The maximum Gasteiger partial charge on any atom is 0.416 e. The van der Waals surface area contributed by atoms with Gasteiger partial charge in [-0.15, -0.1) is 0 Å². The SMILES string of the molecule is Cc1ccc(S(=O)(=O)O)cc1.N[C@@H]1CCN(C(=O)O)C[C@H]1c1ccc(C(F)(F)F)cc1. The van der Waals surface area contributed by atoms with Crippen LogP contribution in [0.15, 0.2) is 53.4 Å². The number of nitrogens with zero attached hydrogens (tertiary/aromatic N) is 1. The minimum atomic E-state index is -4.37. The number of carboxylic acid groups (broad SMARTS) is 1. The lowest BCUT2D eigenvalue weighted by atomic mass is 9.86. The molecule has 1 saturated heterocycles. The van der Waals surface area contributed by atoms with Gasteiger partial charge in [0.1, 0.15) is 0 Å². The zero-order chi connectivity index (χ0) is 23.4. The summed E-state index contributed by atoms with van der Waals surface area (Å²) in [7, 11) is -4.02. The quantitative estimate of drug-likeness (QED) is 0.587. The number of halogens is 3. The van der Waals surface area contributed by atoms with Crippen LogP contribution in [0.1, 0.15) is 29.0 Å². The number of alkyl halides is 3. The lowest BCUT2D eigenvalue weighted by Crippen LogP contribution is -2.47. The van der Waals surface area contributed by atoms with Crippen LogP contribution in [0.4, 0.5) is 18.0 Å². The molecular formula is C20H23F3N2O5S. The molecule has 0 aromatic heterocycles. The summed E-state index contributed by atoms with van der Waals surface area (Å²) in [5, 5.41) is 8.98. The first kappa shape index (κ1) is 24.6. The Balaban J connectivity index is 0.000000262. The van der Waals surface area contributed by atoms with Gasteiger partial charge in [-0.1, -0.05) is 29.8 Å². The summed E-state index contributed by atoms with van der Waals surface area (Å²) in [4.78, 5) is 12.1. The van der Waals surface area contributed by atoms with Crippen LogP contribution in [0, 0.1) is 6.92 Å². The van der Waals surface area contributed by atoms with Crippen molar-refractivity contribution < 1.29 is 36.0 Å². The van der Waals surface area contributed by atoms with Crippen LogP contribution >= 0.6 is 0 Å². The van der Waals surface area contributed by atoms with Crippen molar-refractivity contribution in [1.29, 1.82) is 0 Å². The molecule has 1 aliphatic rings. The maximum atomic E-state index is 12.5. The number of hydrogen-bond donors (Lipinski definition) is 3.